The van der Waals surface area contributed by atoms with Crippen molar-refractivity contribution in [1.29, 1.82) is 0 Å². The van der Waals surface area contributed by atoms with E-state index in [1.807, 2.05) is 19.1 Å². The van der Waals surface area contributed by atoms with Crippen molar-refractivity contribution in [3.05, 3.63) is 24.3 Å². The molecule has 0 fully saturated rings. The molecule has 0 saturated carbocycles. The van der Waals surface area contributed by atoms with Gasteiger partial charge in [-0.25, -0.2) is 4.79 Å². The Balaban J connectivity index is 2.45. The monoisotopic (exact) mass is 286 g/mol. The number of hydrogen-bond acceptors (Lipinski definition) is 2. The quantitative estimate of drug-likeness (QED) is 0.818. The van der Waals surface area contributed by atoms with E-state index in [1.54, 1.807) is 12.1 Å². The second-order valence-electron chi connectivity index (χ2n) is 3.03. The molecule has 0 saturated heterocycles. The van der Waals surface area contributed by atoms with E-state index < -0.39 is 0 Å². The number of carbonyl (C=O) groups excluding carboxylic acids is 1. The third kappa shape index (κ3) is 4.53. The third-order valence-electron chi connectivity index (χ3n) is 1.80. The lowest BCUT2D eigenvalue weighted by molar-refractivity contribution is 0.252. The summed E-state index contributed by atoms with van der Waals surface area (Å²) in [6, 6.07) is 7.05. The lowest BCUT2D eigenvalue weighted by atomic mass is 10.3. The van der Waals surface area contributed by atoms with Crippen molar-refractivity contribution in [2.45, 2.75) is 6.92 Å². The van der Waals surface area contributed by atoms with Crippen LogP contribution in [0.5, 0.6) is 5.75 Å². The Labute approximate surface area is 103 Å². The molecule has 16 heavy (non-hydrogen) atoms. The molecule has 1 rings (SSSR count). The first-order valence-corrected chi connectivity index (χ1v) is 6.22. The first-order chi connectivity index (χ1) is 7.76. The Morgan fingerprint density at radius 1 is 1.38 bits per heavy atom. The number of anilines is 1. The summed E-state index contributed by atoms with van der Waals surface area (Å²) in [5.41, 5.74) is 0.746. The second kappa shape index (κ2) is 7.11. The molecule has 5 heteroatoms. The van der Waals surface area contributed by atoms with E-state index in [9.17, 15) is 4.79 Å². The van der Waals surface area contributed by atoms with Crippen LogP contribution in [-0.2, 0) is 0 Å². The molecular weight excluding hydrogens is 272 g/mol. The molecule has 0 unspecified atom stereocenters. The number of ether oxygens (including phenoxy) is 1. The molecule has 0 aliphatic heterocycles. The first kappa shape index (κ1) is 12.8. The number of urea groups is 1. The molecule has 0 radical (unpaired) electrons. The number of hydrogen-bond donors (Lipinski definition) is 2. The normalized spacial score (nSPS) is 9.62. The van der Waals surface area contributed by atoms with E-state index in [1.165, 1.54) is 0 Å². The highest BCUT2D eigenvalue weighted by molar-refractivity contribution is 9.09. The Kier molecular flexibility index (Phi) is 5.71. The van der Waals surface area contributed by atoms with Crippen LogP contribution in [0.3, 0.4) is 0 Å². The minimum absolute atomic E-state index is 0.205. The summed E-state index contributed by atoms with van der Waals surface area (Å²) < 4.78 is 5.30. The number of carbonyl (C=O) groups is 1. The molecule has 0 aliphatic carbocycles. The Morgan fingerprint density at radius 2 is 2.06 bits per heavy atom. The minimum Gasteiger partial charge on any atom is -0.494 e. The zero-order chi connectivity index (χ0) is 11.8. The average Bonchev–Trinajstić information content (AvgIpc) is 2.29. The van der Waals surface area contributed by atoms with E-state index in [-0.39, 0.29) is 6.03 Å². The van der Waals surface area contributed by atoms with Crippen molar-refractivity contribution in [3.8, 4) is 5.75 Å². The average molecular weight is 287 g/mol. The van der Waals surface area contributed by atoms with Gasteiger partial charge in [-0.1, -0.05) is 15.9 Å². The van der Waals surface area contributed by atoms with Gasteiger partial charge in [0.25, 0.3) is 0 Å². The summed E-state index contributed by atoms with van der Waals surface area (Å²) in [5.74, 6) is 0.800. The van der Waals surface area contributed by atoms with Crippen molar-refractivity contribution < 1.29 is 9.53 Å². The van der Waals surface area contributed by atoms with Crippen molar-refractivity contribution in [2.24, 2.45) is 0 Å². The van der Waals surface area contributed by atoms with E-state index in [4.69, 9.17) is 4.74 Å². The summed E-state index contributed by atoms with van der Waals surface area (Å²) in [5, 5.41) is 6.15. The van der Waals surface area contributed by atoms with Crippen LogP contribution in [-0.4, -0.2) is 24.5 Å². The van der Waals surface area contributed by atoms with E-state index in [2.05, 4.69) is 26.6 Å². The number of benzene rings is 1. The highest BCUT2D eigenvalue weighted by Gasteiger charge is 2.00. The van der Waals surface area contributed by atoms with Gasteiger partial charge >= 0.3 is 6.03 Å². The Hall–Kier alpha value is -1.23. The summed E-state index contributed by atoms with van der Waals surface area (Å²) in [6.07, 6.45) is 0. The molecule has 0 heterocycles. The number of alkyl halides is 1. The van der Waals surface area contributed by atoms with Crippen LogP contribution in [0.25, 0.3) is 0 Å². The van der Waals surface area contributed by atoms with Gasteiger partial charge in [-0.3, -0.25) is 0 Å². The maximum atomic E-state index is 11.3. The summed E-state index contributed by atoms with van der Waals surface area (Å²) in [7, 11) is 0. The lowest BCUT2D eigenvalue weighted by Gasteiger charge is -2.07. The smallest absolute Gasteiger partial charge is 0.319 e. The highest BCUT2D eigenvalue weighted by Crippen LogP contribution is 2.15. The van der Waals surface area contributed by atoms with Crippen LogP contribution in [0.1, 0.15) is 6.92 Å². The van der Waals surface area contributed by atoms with Crippen LogP contribution in [0.2, 0.25) is 0 Å². The Morgan fingerprint density at radius 3 is 2.62 bits per heavy atom. The number of amides is 2. The lowest BCUT2D eigenvalue weighted by Crippen LogP contribution is -2.30. The van der Waals surface area contributed by atoms with Gasteiger partial charge < -0.3 is 15.4 Å². The fourth-order valence-electron chi connectivity index (χ4n) is 1.14. The molecule has 0 aliphatic rings. The van der Waals surface area contributed by atoms with E-state index >= 15 is 0 Å². The minimum atomic E-state index is -0.205. The third-order valence-corrected chi connectivity index (χ3v) is 2.20. The zero-order valence-corrected chi connectivity index (χ0v) is 10.7. The first-order valence-electron chi connectivity index (χ1n) is 5.10. The van der Waals surface area contributed by atoms with Crippen molar-refractivity contribution in [1.82, 2.24) is 5.32 Å². The van der Waals surface area contributed by atoms with Crippen LogP contribution in [0.15, 0.2) is 24.3 Å². The highest BCUT2D eigenvalue weighted by atomic mass is 79.9. The van der Waals surface area contributed by atoms with E-state index in [0.717, 1.165) is 16.8 Å². The Bertz CT molecular complexity index is 327. The maximum absolute atomic E-state index is 11.3. The molecule has 0 aromatic heterocycles. The van der Waals surface area contributed by atoms with Gasteiger partial charge in [-0.2, -0.15) is 0 Å². The molecule has 0 spiro atoms. The molecule has 0 bridgehead atoms. The van der Waals surface area contributed by atoms with Gasteiger partial charge in [0.2, 0.25) is 0 Å². The van der Waals surface area contributed by atoms with Gasteiger partial charge in [0.1, 0.15) is 5.75 Å². The van der Waals surface area contributed by atoms with Gasteiger partial charge in [0.05, 0.1) is 6.61 Å². The van der Waals surface area contributed by atoms with Crippen molar-refractivity contribution in [3.63, 3.8) is 0 Å². The van der Waals surface area contributed by atoms with Crippen LogP contribution in [0, 0.1) is 0 Å². The maximum Gasteiger partial charge on any atom is 0.319 e. The summed E-state index contributed by atoms with van der Waals surface area (Å²) in [4.78, 5) is 11.3. The predicted molar refractivity (Wildman–Crippen MR) is 68.4 cm³/mol. The zero-order valence-electron chi connectivity index (χ0n) is 9.13. The van der Waals surface area contributed by atoms with Crippen molar-refractivity contribution >= 4 is 27.6 Å². The van der Waals surface area contributed by atoms with Crippen molar-refractivity contribution in [2.75, 3.05) is 23.8 Å². The number of halogens is 1. The molecule has 2 amide bonds. The van der Waals surface area contributed by atoms with E-state index in [0.29, 0.717) is 13.2 Å². The molecule has 1 aromatic carbocycles. The van der Waals surface area contributed by atoms with Gasteiger partial charge in [-0.05, 0) is 31.2 Å². The van der Waals surface area contributed by atoms with Gasteiger partial charge in [0, 0.05) is 17.6 Å². The SMILES string of the molecule is CCOc1ccc(NC(=O)NCCBr)cc1. The van der Waals surface area contributed by atoms with Crippen LogP contribution >= 0.6 is 15.9 Å². The van der Waals surface area contributed by atoms with Crippen LogP contribution in [0.4, 0.5) is 10.5 Å². The molecular formula is C11H15BrN2O2. The molecule has 1 aromatic rings. The molecule has 88 valence electrons. The largest absolute Gasteiger partial charge is 0.494 e. The van der Waals surface area contributed by atoms with Gasteiger partial charge in [0.15, 0.2) is 0 Å². The molecule has 2 N–H and O–H groups in total. The summed E-state index contributed by atoms with van der Waals surface area (Å²) >= 11 is 3.23. The number of nitrogens with one attached hydrogen (secondary N) is 2. The second-order valence-corrected chi connectivity index (χ2v) is 3.82. The standard InChI is InChI=1S/C11H15BrN2O2/c1-2-16-10-5-3-9(4-6-10)14-11(15)13-8-7-12/h3-6H,2,7-8H2,1H3,(H2,13,14,15). The predicted octanol–water partition coefficient (Wildman–Crippen LogP) is 2.60. The van der Waals surface area contributed by atoms with Crippen LogP contribution < -0.4 is 15.4 Å². The number of rotatable bonds is 5. The fourth-order valence-corrected chi connectivity index (χ4v) is 1.34. The molecule has 0 atom stereocenters. The molecule has 4 nitrogen and oxygen atoms in total. The van der Waals surface area contributed by atoms with Gasteiger partial charge in [-0.15, -0.1) is 0 Å². The topological polar surface area (TPSA) is 50.4 Å². The summed E-state index contributed by atoms with van der Waals surface area (Å²) in [6.45, 7) is 3.17. The fraction of sp³-hybridized carbons (Fsp3) is 0.364.